The number of ether oxygens (including phenoxy) is 4. The summed E-state index contributed by atoms with van der Waals surface area (Å²) in [7, 11) is 0. The molecule has 248 valence electrons. The van der Waals surface area contributed by atoms with Gasteiger partial charge in [-0.25, -0.2) is 14.4 Å². The van der Waals surface area contributed by atoms with E-state index in [1.54, 1.807) is 97.1 Å². The van der Waals surface area contributed by atoms with Crippen molar-refractivity contribution in [1.82, 2.24) is 10.6 Å². The first-order valence-corrected chi connectivity index (χ1v) is 15.2. The second kappa shape index (κ2) is 18.9. The Morgan fingerprint density at radius 3 is 1.21 bits per heavy atom. The van der Waals surface area contributed by atoms with Crippen molar-refractivity contribution in [3.05, 3.63) is 144 Å². The zero-order valence-electron chi connectivity index (χ0n) is 26.1. The van der Waals surface area contributed by atoms with Crippen molar-refractivity contribution >= 4 is 29.9 Å². The fourth-order valence-corrected chi connectivity index (χ4v) is 4.35. The third kappa shape index (κ3) is 12.4. The molecule has 0 unspecified atom stereocenters. The van der Waals surface area contributed by atoms with Crippen molar-refractivity contribution in [3.63, 3.8) is 0 Å². The number of amides is 2. The minimum atomic E-state index is -1.48. The molecule has 0 saturated carbocycles. The molecule has 0 aromatic heterocycles. The molecule has 0 spiro atoms. The summed E-state index contributed by atoms with van der Waals surface area (Å²) in [5.74, 6) is -3.39. The van der Waals surface area contributed by atoms with Gasteiger partial charge in [0.15, 0.2) is 0 Å². The van der Waals surface area contributed by atoms with Gasteiger partial charge >= 0.3 is 24.0 Å². The van der Waals surface area contributed by atoms with Crippen LogP contribution in [0.1, 0.15) is 35.1 Å². The van der Waals surface area contributed by atoms with E-state index in [9.17, 15) is 24.0 Å². The molecule has 0 bridgehead atoms. The van der Waals surface area contributed by atoms with E-state index in [-0.39, 0.29) is 26.4 Å². The Morgan fingerprint density at radius 1 is 0.438 bits per heavy atom. The molecule has 11 nitrogen and oxygen atoms in total. The second-order valence-electron chi connectivity index (χ2n) is 10.6. The zero-order chi connectivity index (χ0) is 34.0. The molecule has 4 aromatic carbocycles. The van der Waals surface area contributed by atoms with Crippen LogP contribution in [-0.4, -0.2) is 42.0 Å². The summed E-state index contributed by atoms with van der Waals surface area (Å²) in [6, 6.07) is 32.6. The summed E-state index contributed by atoms with van der Waals surface area (Å²) >= 11 is 0. The molecule has 0 saturated heterocycles. The van der Waals surface area contributed by atoms with E-state index in [0.29, 0.717) is 16.7 Å². The summed E-state index contributed by atoms with van der Waals surface area (Å²) < 4.78 is 21.3. The number of hydrogen-bond acceptors (Lipinski definition) is 9. The number of nitrogens with one attached hydrogen (secondary N) is 2. The minimum Gasteiger partial charge on any atom is -0.461 e. The first-order valence-electron chi connectivity index (χ1n) is 15.2. The van der Waals surface area contributed by atoms with Gasteiger partial charge in [-0.3, -0.25) is 9.59 Å². The predicted molar refractivity (Wildman–Crippen MR) is 173 cm³/mol. The van der Waals surface area contributed by atoms with Gasteiger partial charge in [-0.1, -0.05) is 121 Å². The van der Waals surface area contributed by atoms with Crippen LogP contribution in [0.2, 0.25) is 0 Å². The normalized spacial score (nSPS) is 11.7. The topological polar surface area (TPSA) is 146 Å². The number of carbonyl (C=O) groups excluding carboxylic acids is 5. The van der Waals surface area contributed by atoms with Crippen molar-refractivity contribution in [1.29, 1.82) is 0 Å². The molecule has 11 heteroatoms. The van der Waals surface area contributed by atoms with E-state index in [4.69, 9.17) is 18.9 Å². The quantitative estimate of drug-likeness (QED) is 0.129. The number of esters is 3. The van der Waals surface area contributed by atoms with E-state index in [0.717, 1.165) is 5.56 Å². The highest BCUT2D eigenvalue weighted by atomic mass is 16.6. The number of rotatable bonds is 16. The fraction of sp³-hybridized carbons (Fsp3) is 0.216. The number of hydrogen-bond donors (Lipinski definition) is 2. The molecule has 48 heavy (non-hydrogen) atoms. The third-order valence-electron chi connectivity index (χ3n) is 6.86. The molecule has 0 aliphatic carbocycles. The van der Waals surface area contributed by atoms with Gasteiger partial charge in [0.2, 0.25) is 5.91 Å². The van der Waals surface area contributed by atoms with Gasteiger partial charge in [-0.15, -0.1) is 0 Å². The van der Waals surface area contributed by atoms with Crippen LogP contribution in [0, 0.1) is 0 Å². The van der Waals surface area contributed by atoms with Crippen molar-refractivity contribution in [2.75, 3.05) is 0 Å². The van der Waals surface area contributed by atoms with Crippen LogP contribution in [0.3, 0.4) is 0 Å². The van der Waals surface area contributed by atoms with E-state index in [1.165, 1.54) is 0 Å². The molecule has 0 fully saturated rings. The molecule has 0 aliphatic rings. The van der Waals surface area contributed by atoms with Crippen LogP contribution < -0.4 is 10.6 Å². The van der Waals surface area contributed by atoms with Gasteiger partial charge in [0, 0.05) is 0 Å². The highest BCUT2D eigenvalue weighted by Gasteiger charge is 2.31. The maximum Gasteiger partial charge on any atom is 0.408 e. The third-order valence-corrected chi connectivity index (χ3v) is 6.86. The lowest BCUT2D eigenvalue weighted by Gasteiger charge is -2.20. The first kappa shape index (κ1) is 34.9. The van der Waals surface area contributed by atoms with Crippen LogP contribution in [0.5, 0.6) is 0 Å². The van der Waals surface area contributed by atoms with E-state index in [2.05, 4.69) is 10.6 Å². The Bertz CT molecular complexity index is 1500. The van der Waals surface area contributed by atoms with Crippen LogP contribution in [0.4, 0.5) is 4.79 Å². The smallest absolute Gasteiger partial charge is 0.408 e. The molecule has 2 atom stereocenters. The Morgan fingerprint density at radius 2 is 0.792 bits per heavy atom. The van der Waals surface area contributed by atoms with Crippen molar-refractivity contribution in [3.8, 4) is 0 Å². The van der Waals surface area contributed by atoms with Crippen molar-refractivity contribution in [2.45, 2.75) is 51.4 Å². The number of alkyl carbamates (subject to hydrolysis) is 1. The first-order chi connectivity index (χ1) is 23.4. The van der Waals surface area contributed by atoms with Crippen LogP contribution in [0.15, 0.2) is 121 Å². The van der Waals surface area contributed by atoms with Gasteiger partial charge in [0.25, 0.3) is 0 Å². The average molecular weight is 653 g/mol. The zero-order valence-corrected chi connectivity index (χ0v) is 26.1. The molecule has 4 aromatic rings. The largest absolute Gasteiger partial charge is 0.461 e. The highest BCUT2D eigenvalue weighted by molar-refractivity contribution is 5.91. The summed E-state index contributed by atoms with van der Waals surface area (Å²) in [6.07, 6.45) is -2.13. The second-order valence-corrected chi connectivity index (χ2v) is 10.6. The number of benzene rings is 4. The molecular weight excluding hydrogens is 616 g/mol. The lowest BCUT2D eigenvalue weighted by atomic mass is 10.1. The lowest BCUT2D eigenvalue weighted by Crippen LogP contribution is -2.48. The van der Waals surface area contributed by atoms with Gasteiger partial charge in [0.05, 0.1) is 12.8 Å². The molecular formula is C37H36N2O9. The summed E-state index contributed by atoms with van der Waals surface area (Å²) in [4.78, 5) is 64.9. The monoisotopic (exact) mass is 652 g/mol. The Balaban J connectivity index is 1.42. The fourth-order valence-electron chi connectivity index (χ4n) is 4.35. The van der Waals surface area contributed by atoms with Gasteiger partial charge in [-0.2, -0.15) is 0 Å². The van der Waals surface area contributed by atoms with Crippen molar-refractivity contribution in [2.24, 2.45) is 0 Å². The summed E-state index contributed by atoms with van der Waals surface area (Å²) in [6.45, 7) is -0.330. The maximum atomic E-state index is 13.3. The van der Waals surface area contributed by atoms with E-state index in [1.807, 2.05) is 24.3 Å². The molecule has 2 N–H and O–H groups in total. The highest BCUT2D eigenvalue weighted by Crippen LogP contribution is 2.10. The molecule has 2 amide bonds. The Hall–Kier alpha value is -5.97. The van der Waals surface area contributed by atoms with Gasteiger partial charge < -0.3 is 29.6 Å². The maximum absolute atomic E-state index is 13.3. The van der Waals surface area contributed by atoms with Crippen LogP contribution in [0.25, 0.3) is 0 Å². The molecule has 4 rings (SSSR count). The van der Waals surface area contributed by atoms with Crippen molar-refractivity contribution < 1.29 is 42.9 Å². The van der Waals surface area contributed by atoms with E-state index >= 15 is 0 Å². The summed E-state index contributed by atoms with van der Waals surface area (Å²) in [5.41, 5.74) is 2.84. The SMILES string of the molecule is O=C(C[C@@H](NC(=O)OCc1ccccc1)C(=O)OCc1ccccc1)N[C@H](CC(=O)OCc1ccccc1)C(=O)OCc1ccccc1. The molecule has 0 aliphatic heterocycles. The van der Waals surface area contributed by atoms with Gasteiger partial charge in [-0.05, 0) is 22.3 Å². The van der Waals surface area contributed by atoms with Crippen LogP contribution in [-0.2, 0) is 64.6 Å². The lowest BCUT2D eigenvalue weighted by molar-refractivity contribution is -0.155. The minimum absolute atomic E-state index is 0.0380. The van der Waals surface area contributed by atoms with E-state index < -0.39 is 54.8 Å². The molecule has 0 radical (unpaired) electrons. The summed E-state index contributed by atoms with van der Waals surface area (Å²) in [5, 5.41) is 4.84. The Kier molecular flexibility index (Phi) is 13.7. The van der Waals surface area contributed by atoms with Crippen LogP contribution >= 0.6 is 0 Å². The standard InChI is InChI=1S/C37H36N2O9/c40-33(21-31(35(42)46-24-28-15-7-2-8-16-28)39-37(44)48-26-30-19-11-4-12-20-30)38-32(36(43)47-25-29-17-9-3-10-18-29)22-34(41)45-23-27-13-5-1-6-14-27/h1-20,31-32H,21-26H2,(H,38,40)(H,39,44)/t31-,32-/m1/s1. The predicted octanol–water partition coefficient (Wildman–Crippen LogP) is 4.78. The van der Waals surface area contributed by atoms with Gasteiger partial charge in [0.1, 0.15) is 38.5 Å². The number of carbonyl (C=O) groups is 5. The average Bonchev–Trinajstić information content (AvgIpc) is 3.12. The Labute approximate surface area is 278 Å². The molecule has 0 heterocycles.